The van der Waals surface area contributed by atoms with E-state index in [-0.39, 0.29) is 12.2 Å². The Bertz CT molecular complexity index is 1230. The first kappa shape index (κ1) is 20.8. The van der Waals surface area contributed by atoms with Crippen molar-refractivity contribution in [1.29, 1.82) is 0 Å². The van der Waals surface area contributed by atoms with Gasteiger partial charge in [0.2, 0.25) is 0 Å². The van der Waals surface area contributed by atoms with Gasteiger partial charge in [0.1, 0.15) is 12.4 Å². The Kier molecular flexibility index (Phi) is 5.85. The molecule has 0 N–H and O–H groups in total. The highest BCUT2D eigenvalue weighted by molar-refractivity contribution is 6.00. The summed E-state index contributed by atoms with van der Waals surface area (Å²) in [4.78, 5) is 17.8. The van der Waals surface area contributed by atoms with Crippen LogP contribution < -0.4 is 4.74 Å². The summed E-state index contributed by atoms with van der Waals surface area (Å²) in [5.74, 6) is 0.976. The zero-order valence-electron chi connectivity index (χ0n) is 18.4. The SMILES string of the molecule is Cc1cc(OCc2ccccc2)c(C(=O)Cc2cnc3c(cnn3C)c2)cc1C(C)C. The third-order valence-electron chi connectivity index (χ3n) is 5.52. The number of hydrogen-bond donors (Lipinski definition) is 0. The molecular weight excluding hydrogens is 386 g/mol. The maximum Gasteiger partial charge on any atom is 0.171 e. The molecule has 0 aliphatic carbocycles. The first-order valence-corrected chi connectivity index (χ1v) is 10.5. The summed E-state index contributed by atoms with van der Waals surface area (Å²) in [6.45, 7) is 6.77. The van der Waals surface area contributed by atoms with Crippen LogP contribution in [0, 0.1) is 6.92 Å². The summed E-state index contributed by atoms with van der Waals surface area (Å²) >= 11 is 0. The molecule has 4 aromatic rings. The highest BCUT2D eigenvalue weighted by atomic mass is 16.5. The van der Waals surface area contributed by atoms with Crippen molar-refractivity contribution in [1.82, 2.24) is 14.8 Å². The summed E-state index contributed by atoms with van der Waals surface area (Å²) in [6.07, 6.45) is 3.79. The van der Waals surface area contributed by atoms with Crippen LogP contribution in [0.25, 0.3) is 11.0 Å². The third-order valence-corrected chi connectivity index (χ3v) is 5.52. The smallest absolute Gasteiger partial charge is 0.171 e. The Hall–Kier alpha value is -3.47. The molecule has 0 radical (unpaired) electrons. The molecule has 0 aliphatic heterocycles. The predicted molar refractivity (Wildman–Crippen MR) is 123 cm³/mol. The molecular formula is C26H27N3O2. The second kappa shape index (κ2) is 8.72. The molecule has 2 aromatic heterocycles. The van der Waals surface area contributed by atoms with Crippen LogP contribution in [-0.2, 0) is 20.1 Å². The van der Waals surface area contributed by atoms with Crippen molar-refractivity contribution in [3.63, 3.8) is 0 Å². The minimum Gasteiger partial charge on any atom is -0.488 e. The first-order valence-electron chi connectivity index (χ1n) is 10.5. The number of pyridine rings is 1. The molecule has 2 aromatic carbocycles. The van der Waals surface area contributed by atoms with E-state index in [9.17, 15) is 4.79 Å². The number of Topliss-reactive ketones (excluding diaryl/α,β-unsaturated/α-hetero) is 1. The predicted octanol–water partition coefficient (Wildman–Crippen LogP) is 5.40. The van der Waals surface area contributed by atoms with Gasteiger partial charge < -0.3 is 4.74 Å². The summed E-state index contributed by atoms with van der Waals surface area (Å²) in [5.41, 5.74) is 5.66. The molecule has 0 saturated carbocycles. The fourth-order valence-corrected chi connectivity index (χ4v) is 3.86. The molecule has 0 saturated heterocycles. The van der Waals surface area contributed by atoms with Gasteiger partial charge in [0.05, 0.1) is 11.8 Å². The second-order valence-corrected chi connectivity index (χ2v) is 8.26. The van der Waals surface area contributed by atoms with Crippen LogP contribution in [-0.4, -0.2) is 20.5 Å². The molecule has 0 bridgehead atoms. The Morgan fingerprint density at radius 2 is 1.84 bits per heavy atom. The number of aromatic nitrogens is 3. The minimum absolute atomic E-state index is 0.0231. The summed E-state index contributed by atoms with van der Waals surface area (Å²) in [5, 5.41) is 5.16. The summed E-state index contributed by atoms with van der Waals surface area (Å²) in [6, 6.07) is 16.0. The van der Waals surface area contributed by atoms with Gasteiger partial charge in [-0.3, -0.25) is 9.48 Å². The number of nitrogens with zero attached hydrogens (tertiary/aromatic N) is 3. The van der Waals surface area contributed by atoms with Crippen LogP contribution >= 0.6 is 0 Å². The quantitative estimate of drug-likeness (QED) is 0.381. The average molecular weight is 414 g/mol. The molecule has 31 heavy (non-hydrogen) atoms. The van der Waals surface area contributed by atoms with Crippen molar-refractivity contribution in [3.05, 3.63) is 88.7 Å². The van der Waals surface area contributed by atoms with Gasteiger partial charge in [-0.05, 0) is 53.3 Å². The standard InChI is InChI=1S/C26H27N3O2/c1-17(2)22-13-23(25(10-18(22)3)31-16-19-8-6-5-7-9-19)24(30)12-20-11-21-15-28-29(4)26(21)27-14-20/h5-11,13-15,17H,12,16H2,1-4H3. The van der Waals surface area contributed by atoms with Gasteiger partial charge in [-0.15, -0.1) is 0 Å². The second-order valence-electron chi connectivity index (χ2n) is 8.26. The van der Waals surface area contributed by atoms with E-state index in [1.54, 1.807) is 17.1 Å². The third kappa shape index (κ3) is 4.50. The van der Waals surface area contributed by atoms with Gasteiger partial charge in [-0.2, -0.15) is 5.10 Å². The minimum atomic E-state index is 0.0231. The van der Waals surface area contributed by atoms with Crippen LogP contribution in [0.2, 0.25) is 0 Å². The summed E-state index contributed by atoms with van der Waals surface area (Å²) < 4.78 is 7.85. The van der Waals surface area contributed by atoms with Gasteiger partial charge in [0.15, 0.2) is 11.4 Å². The molecule has 0 fully saturated rings. The lowest BCUT2D eigenvalue weighted by atomic mass is 9.92. The van der Waals surface area contributed by atoms with Crippen LogP contribution in [0.1, 0.15) is 52.4 Å². The number of ether oxygens (including phenoxy) is 1. The van der Waals surface area contributed by atoms with E-state index in [2.05, 4.69) is 30.9 Å². The maximum atomic E-state index is 13.3. The Morgan fingerprint density at radius 3 is 2.58 bits per heavy atom. The van der Waals surface area contributed by atoms with Crippen LogP contribution in [0.5, 0.6) is 5.75 Å². The van der Waals surface area contributed by atoms with E-state index in [1.165, 1.54) is 0 Å². The fraction of sp³-hybridized carbons (Fsp3) is 0.269. The first-order chi connectivity index (χ1) is 14.9. The van der Waals surface area contributed by atoms with Crippen molar-refractivity contribution < 1.29 is 9.53 Å². The number of aryl methyl sites for hydroxylation is 2. The highest BCUT2D eigenvalue weighted by Gasteiger charge is 2.18. The molecule has 0 aliphatic rings. The van der Waals surface area contributed by atoms with E-state index < -0.39 is 0 Å². The molecule has 158 valence electrons. The number of rotatable bonds is 7. The molecule has 5 nitrogen and oxygen atoms in total. The van der Waals surface area contributed by atoms with E-state index in [0.29, 0.717) is 23.8 Å². The highest BCUT2D eigenvalue weighted by Crippen LogP contribution is 2.30. The van der Waals surface area contributed by atoms with Gasteiger partial charge in [0, 0.05) is 25.1 Å². The molecule has 5 heteroatoms. The monoisotopic (exact) mass is 413 g/mol. The number of benzene rings is 2. The fourth-order valence-electron chi connectivity index (χ4n) is 3.86. The normalized spacial score (nSPS) is 11.3. The zero-order chi connectivity index (χ0) is 22.0. The van der Waals surface area contributed by atoms with Crippen molar-refractivity contribution in [2.75, 3.05) is 0 Å². The molecule has 2 heterocycles. The molecule has 0 amide bonds. The lowest BCUT2D eigenvalue weighted by Gasteiger charge is -2.17. The number of hydrogen-bond acceptors (Lipinski definition) is 4. The lowest BCUT2D eigenvalue weighted by Crippen LogP contribution is -2.10. The van der Waals surface area contributed by atoms with Crippen LogP contribution in [0.3, 0.4) is 0 Å². The van der Waals surface area contributed by atoms with Crippen molar-refractivity contribution in [2.24, 2.45) is 7.05 Å². The largest absolute Gasteiger partial charge is 0.488 e. The molecule has 4 rings (SSSR count). The molecule has 0 spiro atoms. The van der Waals surface area contributed by atoms with E-state index in [4.69, 9.17) is 4.74 Å². The van der Waals surface area contributed by atoms with Crippen molar-refractivity contribution in [3.8, 4) is 5.75 Å². The maximum absolute atomic E-state index is 13.3. The van der Waals surface area contributed by atoms with E-state index >= 15 is 0 Å². The van der Waals surface area contributed by atoms with Crippen molar-refractivity contribution in [2.45, 2.75) is 39.7 Å². The molecule has 0 atom stereocenters. The van der Waals surface area contributed by atoms with Gasteiger partial charge in [-0.1, -0.05) is 44.2 Å². The van der Waals surface area contributed by atoms with Crippen LogP contribution in [0.4, 0.5) is 0 Å². The van der Waals surface area contributed by atoms with Gasteiger partial charge in [-0.25, -0.2) is 4.98 Å². The Morgan fingerprint density at radius 1 is 1.06 bits per heavy atom. The number of carbonyl (C=O) groups is 1. The van der Waals surface area contributed by atoms with E-state index in [1.807, 2.05) is 55.6 Å². The zero-order valence-corrected chi connectivity index (χ0v) is 18.4. The summed E-state index contributed by atoms with van der Waals surface area (Å²) in [7, 11) is 1.86. The van der Waals surface area contributed by atoms with Gasteiger partial charge >= 0.3 is 0 Å². The number of fused-ring (bicyclic) bond motifs is 1. The lowest BCUT2D eigenvalue weighted by molar-refractivity contribution is 0.0988. The Labute approximate surface area is 182 Å². The van der Waals surface area contributed by atoms with Gasteiger partial charge in [0.25, 0.3) is 0 Å². The topological polar surface area (TPSA) is 57.0 Å². The number of ketones is 1. The number of carbonyl (C=O) groups excluding carboxylic acids is 1. The van der Waals surface area contributed by atoms with Crippen molar-refractivity contribution >= 4 is 16.8 Å². The van der Waals surface area contributed by atoms with Crippen LogP contribution in [0.15, 0.2) is 60.9 Å². The van der Waals surface area contributed by atoms with E-state index in [0.717, 1.165) is 33.3 Å². The average Bonchev–Trinajstić information content (AvgIpc) is 3.12. The Balaban J connectivity index is 1.64. The molecule has 0 unspecified atom stereocenters.